The first-order chi connectivity index (χ1) is 9.11. The zero-order valence-electron chi connectivity index (χ0n) is 12.0. The maximum absolute atomic E-state index is 10.5. The van der Waals surface area contributed by atoms with Crippen LogP contribution in [0.2, 0.25) is 0 Å². The van der Waals surface area contributed by atoms with Crippen LogP contribution in [0, 0.1) is 11.8 Å². The molecular weight excluding hydrogens is 242 g/mol. The average Bonchev–Trinajstić information content (AvgIpc) is 2.40. The van der Waals surface area contributed by atoms with Gasteiger partial charge in [-0.2, -0.15) is 0 Å². The fraction of sp³-hybridized carbons (Fsp3) is 0.600. The van der Waals surface area contributed by atoms with Crippen LogP contribution >= 0.6 is 0 Å². The lowest BCUT2D eigenvalue weighted by atomic mass is 9.86. The summed E-state index contributed by atoms with van der Waals surface area (Å²) < 4.78 is 10.6. The van der Waals surface area contributed by atoms with Gasteiger partial charge >= 0.3 is 0 Å². The predicted octanol–water partition coefficient (Wildman–Crippen LogP) is 1.98. The Labute approximate surface area is 115 Å². The first-order valence-corrected chi connectivity index (χ1v) is 6.70. The molecule has 0 spiro atoms. The summed E-state index contributed by atoms with van der Waals surface area (Å²) in [6, 6.07) is 7.54. The molecule has 2 unspecified atom stereocenters. The van der Waals surface area contributed by atoms with Crippen LogP contribution < -0.4 is 10.5 Å². The van der Waals surface area contributed by atoms with Gasteiger partial charge in [0, 0.05) is 18.6 Å². The molecule has 3 N–H and O–H groups in total. The normalized spacial score (nSPS) is 14.4. The van der Waals surface area contributed by atoms with Gasteiger partial charge in [-0.25, -0.2) is 0 Å². The standard InChI is InChI=1S/C15H25NO3/c1-11(2)13(10-16)15(17)12-6-4-5-7-14(12)19-9-8-18-3/h4-7,11,13,15,17H,8-10,16H2,1-3H3. The molecule has 0 bridgehead atoms. The molecule has 1 aromatic rings. The number of ether oxygens (including phenoxy) is 2. The summed E-state index contributed by atoms with van der Waals surface area (Å²) in [6.07, 6.45) is -0.608. The van der Waals surface area contributed by atoms with Crippen molar-refractivity contribution in [3.8, 4) is 5.75 Å². The molecule has 108 valence electrons. The minimum absolute atomic E-state index is 0.0205. The smallest absolute Gasteiger partial charge is 0.125 e. The van der Waals surface area contributed by atoms with E-state index in [9.17, 15) is 5.11 Å². The molecule has 0 aromatic heterocycles. The van der Waals surface area contributed by atoms with Gasteiger partial charge in [-0.15, -0.1) is 0 Å². The van der Waals surface area contributed by atoms with Gasteiger partial charge in [0.05, 0.1) is 12.7 Å². The van der Waals surface area contributed by atoms with Crippen molar-refractivity contribution in [1.82, 2.24) is 0 Å². The van der Waals surface area contributed by atoms with E-state index in [1.54, 1.807) is 7.11 Å². The molecule has 0 aliphatic heterocycles. The Morgan fingerprint density at radius 2 is 1.89 bits per heavy atom. The van der Waals surface area contributed by atoms with Gasteiger partial charge in [-0.3, -0.25) is 0 Å². The molecule has 0 saturated heterocycles. The lowest BCUT2D eigenvalue weighted by Gasteiger charge is -2.26. The van der Waals surface area contributed by atoms with Crippen LogP contribution in [0.15, 0.2) is 24.3 Å². The summed E-state index contributed by atoms with van der Waals surface area (Å²) in [5.74, 6) is 1.03. The van der Waals surface area contributed by atoms with Crippen LogP contribution in [0.5, 0.6) is 5.75 Å². The summed E-state index contributed by atoms with van der Waals surface area (Å²) in [6.45, 7) is 5.57. The van der Waals surface area contributed by atoms with E-state index in [1.807, 2.05) is 24.3 Å². The third-order valence-electron chi connectivity index (χ3n) is 3.32. The van der Waals surface area contributed by atoms with Crippen molar-refractivity contribution >= 4 is 0 Å². The largest absolute Gasteiger partial charge is 0.491 e. The first-order valence-electron chi connectivity index (χ1n) is 6.70. The molecule has 0 amide bonds. The number of aliphatic hydroxyl groups is 1. The van der Waals surface area contributed by atoms with E-state index < -0.39 is 6.10 Å². The molecule has 0 aliphatic rings. The molecule has 2 atom stereocenters. The van der Waals surface area contributed by atoms with E-state index in [-0.39, 0.29) is 5.92 Å². The van der Waals surface area contributed by atoms with E-state index in [1.165, 1.54) is 0 Å². The molecule has 1 aromatic carbocycles. The topological polar surface area (TPSA) is 64.7 Å². The molecule has 0 fully saturated rings. The highest BCUT2D eigenvalue weighted by Gasteiger charge is 2.25. The number of methoxy groups -OCH3 is 1. The Kier molecular flexibility index (Phi) is 6.84. The van der Waals surface area contributed by atoms with Crippen LogP contribution in [-0.4, -0.2) is 32.0 Å². The van der Waals surface area contributed by atoms with Crippen molar-refractivity contribution in [2.75, 3.05) is 26.9 Å². The number of aliphatic hydroxyl groups excluding tert-OH is 1. The summed E-state index contributed by atoms with van der Waals surface area (Å²) in [5, 5.41) is 10.5. The molecule has 0 radical (unpaired) electrons. The van der Waals surface area contributed by atoms with Crippen molar-refractivity contribution in [3.63, 3.8) is 0 Å². The van der Waals surface area contributed by atoms with Crippen LogP contribution in [0.4, 0.5) is 0 Å². The maximum atomic E-state index is 10.5. The second-order valence-corrected chi connectivity index (χ2v) is 4.97. The zero-order chi connectivity index (χ0) is 14.3. The van der Waals surface area contributed by atoms with Gasteiger partial charge in [-0.05, 0) is 18.5 Å². The number of benzene rings is 1. The summed E-state index contributed by atoms with van der Waals surface area (Å²) in [7, 11) is 1.63. The Hall–Kier alpha value is -1.10. The highest BCUT2D eigenvalue weighted by molar-refractivity contribution is 5.35. The van der Waals surface area contributed by atoms with E-state index in [2.05, 4.69) is 13.8 Å². The Morgan fingerprint density at radius 1 is 1.21 bits per heavy atom. The Balaban J connectivity index is 2.85. The van der Waals surface area contributed by atoms with Gasteiger partial charge in [0.25, 0.3) is 0 Å². The Bertz CT molecular complexity index is 368. The molecule has 4 heteroatoms. The number of hydrogen-bond donors (Lipinski definition) is 2. The predicted molar refractivity (Wildman–Crippen MR) is 76.2 cm³/mol. The van der Waals surface area contributed by atoms with E-state index >= 15 is 0 Å². The van der Waals surface area contributed by atoms with Gasteiger partial charge in [0.2, 0.25) is 0 Å². The molecule has 19 heavy (non-hydrogen) atoms. The number of para-hydroxylation sites is 1. The molecule has 1 rings (SSSR count). The number of rotatable bonds is 8. The molecule has 0 heterocycles. The van der Waals surface area contributed by atoms with Gasteiger partial charge in [-0.1, -0.05) is 32.0 Å². The summed E-state index contributed by atoms with van der Waals surface area (Å²) >= 11 is 0. The van der Waals surface area contributed by atoms with Crippen molar-refractivity contribution in [3.05, 3.63) is 29.8 Å². The van der Waals surface area contributed by atoms with Crippen molar-refractivity contribution in [2.24, 2.45) is 17.6 Å². The van der Waals surface area contributed by atoms with Crippen LogP contribution in [0.3, 0.4) is 0 Å². The van der Waals surface area contributed by atoms with Crippen LogP contribution in [-0.2, 0) is 4.74 Å². The Morgan fingerprint density at radius 3 is 2.47 bits per heavy atom. The lowest BCUT2D eigenvalue weighted by molar-refractivity contribution is 0.0809. The maximum Gasteiger partial charge on any atom is 0.125 e. The minimum Gasteiger partial charge on any atom is -0.491 e. The summed E-state index contributed by atoms with van der Waals surface area (Å²) in [4.78, 5) is 0. The minimum atomic E-state index is -0.608. The molecule has 4 nitrogen and oxygen atoms in total. The first kappa shape index (κ1) is 16.0. The van der Waals surface area contributed by atoms with E-state index in [0.29, 0.717) is 31.4 Å². The van der Waals surface area contributed by atoms with Crippen molar-refractivity contribution in [1.29, 1.82) is 0 Å². The number of nitrogens with two attached hydrogens (primary N) is 1. The van der Waals surface area contributed by atoms with Gasteiger partial charge in [0.1, 0.15) is 12.4 Å². The van der Waals surface area contributed by atoms with Crippen molar-refractivity contribution in [2.45, 2.75) is 20.0 Å². The second kappa shape index (κ2) is 8.15. The van der Waals surface area contributed by atoms with E-state index in [4.69, 9.17) is 15.2 Å². The average molecular weight is 267 g/mol. The zero-order valence-corrected chi connectivity index (χ0v) is 12.0. The molecule has 0 aliphatic carbocycles. The second-order valence-electron chi connectivity index (χ2n) is 4.97. The SMILES string of the molecule is COCCOc1ccccc1C(O)C(CN)C(C)C. The lowest BCUT2D eigenvalue weighted by Crippen LogP contribution is -2.27. The van der Waals surface area contributed by atoms with Crippen molar-refractivity contribution < 1.29 is 14.6 Å². The van der Waals surface area contributed by atoms with Crippen LogP contribution in [0.25, 0.3) is 0 Å². The van der Waals surface area contributed by atoms with Gasteiger partial charge in [0.15, 0.2) is 0 Å². The van der Waals surface area contributed by atoms with Gasteiger partial charge < -0.3 is 20.3 Å². The third-order valence-corrected chi connectivity index (χ3v) is 3.32. The quantitative estimate of drug-likeness (QED) is 0.707. The van der Waals surface area contributed by atoms with E-state index in [0.717, 1.165) is 5.56 Å². The fourth-order valence-electron chi connectivity index (χ4n) is 2.09. The summed E-state index contributed by atoms with van der Waals surface area (Å²) in [5.41, 5.74) is 6.56. The van der Waals surface area contributed by atoms with Crippen LogP contribution in [0.1, 0.15) is 25.5 Å². The molecular formula is C15H25NO3. The molecule has 0 saturated carbocycles. The third kappa shape index (κ3) is 4.49. The highest BCUT2D eigenvalue weighted by atomic mass is 16.5. The monoisotopic (exact) mass is 267 g/mol. The number of hydrogen-bond acceptors (Lipinski definition) is 4. The fourth-order valence-corrected chi connectivity index (χ4v) is 2.09. The highest BCUT2D eigenvalue weighted by Crippen LogP contribution is 2.33.